The lowest BCUT2D eigenvalue weighted by molar-refractivity contribution is 0.0734. The summed E-state index contributed by atoms with van der Waals surface area (Å²) >= 11 is 0. The number of cyclic esters (lactones) is 1. The minimum Gasteiger partial charge on any atom is -0.489 e. The van der Waals surface area contributed by atoms with Crippen LogP contribution < -0.4 is 9.64 Å². The third-order valence-electron chi connectivity index (χ3n) is 5.27. The number of carbonyl (C=O) groups is 1. The molecule has 1 fully saturated rings. The fraction of sp³-hybridized carbons (Fsp3) is 0.286. The van der Waals surface area contributed by atoms with Crippen molar-refractivity contribution in [3.8, 4) is 16.9 Å². The van der Waals surface area contributed by atoms with Crippen molar-refractivity contribution in [2.45, 2.75) is 18.6 Å². The summed E-state index contributed by atoms with van der Waals surface area (Å²) in [4.78, 5) is 18.3. The Morgan fingerprint density at radius 1 is 1.27 bits per heavy atom. The highest BCUT2D eigenvalue weighted by Gasteiger charge is 2.46. The first-order chi connectivity index (χ1) is 14.6. The number of hydrogen-bond acceptors (Lipinski definition) is 8. The zero-order valence-corrected chi connectivity index (χ0v) is 16.2. The lowest BCUT2D eigenvalue weighted by atomic mass is 10.0. The molecule has 1 N–H and O–H groups in total. The summed E-state index contributed by atoms with van der Waals surface area (Å²) < 4.78 is 11.1. The predicted octanol–water partition coefficient (Wildman–Crippen LogP) is 2.01. The van der Waals surface area contributed by atoms with Crippen LogP contribution in [-0.2, 0) is 4.74 Å². The smallest absolute Gasteiger partial charge is 0.415 e. The van der Waals surface area contributed by atoms with Crippen LogP contribution in [0, 0.1) is 0 Å². The molecule has 1 amide bonds. The second-order valence-electron chi connectivity index (χ2n) is 7.14. The molecule has 3 aliphatic rings. The number of carbonyl (C=O) groups excluding carboxylic acids is 1. The Balaban J connectivity index is 1.41. The van der Waals surface area contributed by atoms with Gasteiger partial charge in [-0.2, -0.15) is 10.2 Å². The molecule has 2 aromatic rings. The van der Waals surface area contributed by atoms with Gasteiger partial charge >= 0.3 is 6.09 Å². The average molecular weight is 405 g/mol. The number of nitrogens with zero attached hydrogens (tertiary/aromatic N) is 5. The van der Waals surface area contributed by atoms with Crippen LogP contribution in [0.1, 0.15) is 12.1 Å². The maximum absolute atomic E-state index is 12.2. The Bertz CT molecular complexity index is 1090. The molecule has 152 valence electrons. The molecule has 1 saturated heterocycles. The quantitative estimate of drug-likeness (QED) is 0.839. The highest BCUT2D eigenvalue weighted by molar-refractivity contribution is 6.01. The van der Waals surface area contributed by atoms with Gasteiger partial charge in [0.2, 0.25) is 0 Å². The van der Waals surface area contributed by atoms with Crippen LogP contribution in [0.4, 0.5) is 10.5 Å². The van der Waals surface area contributed by atoms with Crippen molar-refractivity contribution in [3.05, 3.63) is 48.3 Å². The number of amides is 1. The van der Waals surface area contributed by atoms with Crippen LogP contribution in [0.5, 0.6) is 5.75 Å². The lowest BCUT2D eigenvalue weighted by Gasteiger charge is -2.31. The molecule has 3 aliphatic heterocycles. The van der Waals surface area contributed by atoms with Gasteiger partial charge in [0.25, 0.3) is 0 Å². The molecule has 1 aromatic carbocycles. The molecule has 4 heterocycles. The summed E-state index contributed by atoms with van der Waals surface area (Å²) in [6, 6.07) is 9.20. The second-order valence-corrected chi connectivity index (χ2v) is 7.14. The van der Waals surface area contributed by atoms with Gasteiger partial charge in [0.15, 0.2) is 6.10 Å². The van der Waals surface area contributed by atoms with Gasteiger partial charge in [-0.1, -0.05) is 12.1 Å². The van der Waals surface area contributed by atoms with Crippen LogP contribution in [0.3, 0.4) is 0 Å². The van der Waals surface area contributed by atoms with Crippen LogP contribution in [0.25, 0.3) is 11.1 Å². The number of aromatic nitrogens is 1. The third kappa shape index (κ3) is 3.10. The van der Waals surface area contributed by atoms with Crippen molar-refractivity contribution < 1.29 is 19.4 Å². The van der Waals surface area contributed by atoms with Crippen molar-refractivity contribution in [1.29, 1.82) is 0 Å². The lowest BCUT2D eigenvalue weighted by Crippen LogP contribution is -2.45. The predicted molar refractivity (Wildman–Crippen MR) is 110 cm³/mol. The molecule has 0 radical (unpaired) electrons. The van der Waals surface area contributed by atoms with Crippen LogP contribution in [-0.4, -0.2) is 65.3 Å². The Morgan fingerprint density at radius 3 is 2.93 bits per heavy atom. The molecule has 0 saturated carbocycles. The third-order valence-corrected chi connectivity index (χ3v) is 5.27. The van der Waals surface area contributed by atoms with Crippen molar-refractivity contribution in [3.63, 3.8) is 0 Å². The maximum Gasteiger partial charge on any atom is 0.415 e. The summed E-state index contributed by atoms with van der Waals surface area (Å²) in [5.41, 5.74) is 4.05. The molecular weight excluding hydrogens is 386 g/mol. The van der Waals surface area contributed by atoms with Crippen LogP contribution in [0.15, 0.2) is 52.8 Å². The topological polar surface area (TPSA) is 99.9 Å². The molecule has 0 bridgehead atoms. The number of pyridine rings is 1. The standard InChI is InChI=1S/C21H19N5O4/c1-25-23-8-2-3-16(24-25)15-6-4-14(10-22-15)13-5-7-17-19(9-13)29-12-18-20(11-27)30-21(28)26(17)18/h2,4-7,9-10,18,20,27H,3,11-12H2,1H3/t18-,20-/m0/s1. The first-order valence-corrected chi connectivity index (χ1v) is 9.57. The van der Waals surface area contributed by atoms with E-state index in [1.165, 1.54) is 5.12 Å². The van der Waals surface area contributed by atoms with Crippen molar-refractivity contribution in [2.75, 3.05) is 25.2 Å². The van der Waals surface area contributed by atoms with E-state index in [0.29, 0.717) is 17.9 Å². The first kappa shape index (κ1) is 18.4. The number of anilines is 1. The summed E-state index contributed by atoms with van der Waals surface area (Å²) in [5.74, 6) is 3.40. The monoisotopic (exact) mass is 405 g/mol. The normalized spacial score (nSPS) is 22.1. The molecule has 5 rings (SSSR count). The zero-order chi connectivity index (χ0) is 20.7. The van der Waals surface area contributed by atoms with Crippen LogP contribution >= 0.6 is 0 Å². The SMILES string of the molecule is CN1N=C=CCC(c2ccc(-c3ccc4c(c3)OC[C@H]3[C@H](CO)OC(=O)N43)cn2)=N1. The molecule has 2 atom stereocenters. The maximum atomic E-state index is 12.2. The van der Waals surface area contributed by atoms with E-state index in [1.807, 2.05) is 36.4 Å². The van der Waals surface area contributed by atoms with E-state index < -0.39 is 12.2 Å². The van der Waals surface area contributed by atoms with Gasteiger partial charge < -0.3 is 14.6 Å². The molecule has 30 heavy (non-hydrogen) atoms. The highest BCUT2D eigenvalue weighted by atomic mass is 16.6. The van der Waals surface area contributed by atoms with E-state index in [2.05, 4.69) is 21.1 Å². The molecule has 0 spiro atoms. The van der Waals surface area contributed by atoms with Gasteiger partial charge in [0, 0.05) is 24.1 Å². The minimum absolute atomic E-state index is 0.231. The molecule has 1 aromatic heterocycles. The van der Waals surface area contributed by atoms with E-state index >= 15 is 0 Å². The van der Waals surface area contributed by atoms with Gasteiger partial charge in [-0.05, 0) is 29.8 Å². The number of hydrogen-bond donors (Lipinski definition) is 1. The van der Waals surface area contributed by atoms with E-state index in [-0.39, 0.29) is 19.3 Å². The van der Waals surface area contributed by atoms with Crippen molar-refractivity contribution in [2.24, 2.45) is 10.2 Å². The van der Waals surface area contributed by atoms with Gasteiger partial charge in [-0.15, -0.1) is 5.10 Å². The summed E-state index contributed by atoms with van der Waals surface area (Å²) in [6.45, 7) is 0.0399. The molecule has 9 heteroatoms. The summed E-state index contributed by atoms with van der Waals surface area (Å²) in [6.07, 6.45) is 3.17. The Hall–Kier alpha value is -3.68. The van der Waals surface area contributed by atoms with Gasteiger partial charge in [0.05, 0.1) is 30.7 Å². The average Bonchev–Trinajstić information content (AvgIpc) is 2.95. The fourth-order valence-corrected chi connectivity index (χ4v) is 3.76. The zero-order valence-electron chi connectivity index (χ0n) is 16.2. The largest absolute Gasteiger partial charge is 0.489 e. The number of allylic oxidation sites excluding steroid dienone is 1. The molecule has 9 nitrogen and oxygen atoms in total. The number of ether oxygens (including phenoxy) is 2. The van der Waals surface area contributed by atoms with Crippen molar-refractivity contribution >= 4 is 23.4 Å². The number of aliphatic hydroxyl groups is 1. The van der Waals surface area contributed by atoms with E-state index in [0.717, 1.165) is 22.5 Å². The van der Waals surface area contributed by atoms with Gasteiger partial charge in [-0.25, -0.2) is 4.79 Å². The summed E-state index contributed by atoms with van der Waals surface area (Å²) in [5, 5.41) is 19.3. The first-order valence-electron chi connectivity index (χ1n) is 9.57. The number of aliphatic hydroxyl groups excluding tert-OH is 1. The van der Waals surface area contributed by atoms with Crippen molar-refractivity contribution in [1.82, 2.24) is 10.1 Å². The molecule has 0 aliphatic carbocycles. The number of hydrazone groups is 2. The highest BCUT2D eigenvalue weighted by Crippen LogP contribution is 2.40. The minimum atomic E-state index is -0.576. The second kappa shape index (κ2) is 7.29. The number of fused-ring (bicyclic) bond motifs is 3. The number of benzene rings is 1. The summed E-state index contributed by atoms with van der Waals surface area (Å²) in [7, 11) is 1.75. The van der Waals surface area contributed by atoms with E-state index in [1.54, 1.807) is 18.1 Å². The Kier molecular flexibility index (Phi) is 4.46. The van der Waals surface area contributed by atoms with E-state index in [4.69, 9.17) is 9.47 Å². The van der Waals surface area contributed by atoms with Gasteiger partial charge in [-0.3, -0.25) is 9.88 Å². The Labute approximate surface area is 172 Å². The van der Waals surface area contributed by atoms with Gasteiger partial charge in [0.1, 0.15) is 18.4 Å². The fourth-order valence-electron chi connectivity index (χ4n) is 3.76. The van der Waals surface area contributed by atoms with E-state index in [9.17, 15) is 9.90 Å². The molecular formula is C21H19N5O4. The molecule has 0 unspecified atom stereocenters. The number of rotatable bonds is 3. The van der Waals surface area contributed by atoms with Crippen LogP contribution in [0.2, 0.25) is 0 Å². The Morgan fingerprint density at radius 2 is 2.13 bits per heavy atom.